The van der Waals surface area contributed by atoms with Crippen molar-refractivity contribution < 1.29 is 19.4 Å². The van der Waals surface area contributed by atoms with Gasteiger partial charge in [-0.2, -0.15) is 9.78 Å². The molecule has 1 N–H and O–H groups in total. The van der Waals surface area contributed by atoms with Crippen LogP contribution in [0.2, 0.25) is 0 Å². The number of hydrogen-bond acceptors (Lipinski definition) is 6. The number of amides is 1. The standard InChI is InChI=1S/C22H21N5O4/c28-21(29)20-5-7-27(25-20)22(30)26-11-15-9-18(10-16(15)12-26)31-17-3-1-2-14(8-17)19-4-6-23-13-24-19/h1-8,13,15-16,18H,9-12H2,(H,28,29)/t15-,16+,18?. The average molecular weight is 419 g/mol. The van der Waals surface area contributed by atoms with Crippen LogP contribution in [0, 0.1) is 11.8 Å². The van der Waals surface area contributed by atoms with E-state index in [4.69, 9.17) is 9.84 Å². The number of aromatic nitrogens is 4. The van der Waals surface area contributed by atoms with Crippen molar-refractivity contribution in [2.24, 2.45) is 11.8 Å². The summed E-state index contributed by atoms with van der Waals surface area (Å²) in [5.74, 6) is 0.405. The molecule has 0 radical (unpaired) electrons. The van der Waals surface area contributed by atoms with E-state index in [2.05, 4.69) is 15.1 Å². The Bertz CT molecular complexity index is 1100. The van der Waals surface area contributed by atoms with Crippen LogP contribution >= 0.6 is 0 Å². The second-order valence-electron chi connectivity index (χ2n) is 7.99. The first kappa shape index (κ1) is 19.2. The smallest absolute Gasteiger partial charge is 0.356 e. The molecule has 2 aliphatic rings. The summed E-state index contributed by atoms with van der Waals surface area (Å²) in [6, 6.07) is 10.8. The first-order valence-electron chi connectivity index (χ1n) is 10.2. The maximum absolute atomic E-state index is 12.7. The van der Waals surface area contributed by atoms with Crippen LogP contribution in [0.1, 0.15) is 23.3 Å². The molecular weight excluding hydrogens is 398 g/mol. The Balaban J connectivity index is 1.20. The van der Waals surface area contributed by atoms with Gasteiger partial charge in [0.25, 0.3) is 0 Å². The van der Waals surface area contributed by atoms with Crippen molar-refractivity contribution in [1.29, 1.82) is 0 Å². The molecule has 0 bridgehead atoms. The first-order valence-corrected chi connectivity index (χ1v) is 10.2. The fraction of sp³-hybridized carbons (Fsp3) is 0.318. The highest BCUT2D eigenvalue weighted by Gasteiger charge is 2.43. The maximum atomic E-state index is 12.7. The van der Waals surface area contributed by atoms with E-state index in [1.165, 1.54) is 18.6 Å². The largest absolute Gasteiger partial charge is 0.490 e. The van der Waals surface area contributed by atoms with Crippen LogP contribution in [-0.2, 0) is 0 Å². The van der Waals surface area contributed by atoms with Crippen molar-refractivity contribution in [3.63, 3.8) is 0 Å². The Morgan fingerprint density at radius 2 is 1.90 bits per heavy atom. The Hall–Kier alpha value is -3.75. The van der Waals surface area contributed by atoms with E-state index in [0.717, 1.165) is 34.5 Å². The Morgan fingerprint density at radius 1 is 1.10 bits per heavy atom. The summed E-state index contributed by atoms with van der Waals surface area (Å²) in [6.07, 6.45) is 6.51. The molecule has 3 heterocycles. The van der Waals surface area contributed by atoms with Crippen molar-refractivity contribution >= 4 is 12.0 Å². The summed E-state index contributed by atoms with van der Waals surface area (Å²) in [7, 11) is 0. The molecule has 0 spiro atoms. The number of benzene rings is 1. The van der Waals surface area contributed by atoms with Gasteiger partial charge < -0.3 is 14.7 Å². The topological polar surface area (TPSA) is 110 Å². The third-order valence-electron chi connectivity index (χ3n) is 6.00. The summed E-state index contributed by atoms with van der Waals surface area (Å²) in [5.41, 5.74) is 1.70. The summed E-state index contributed by atoms with van der Waals surface area (Å²) in [5, 5.41) is 12.8. The minimum atomic E-state index is -1.14. The second-order valence-corrected chi connectivity index (χ2v) is 7.99. The van der Waals surface area contributed by atoms with E-state index in [9.17, 15) is 9.59 Å². The number of fused-ring (bicyclic) bond motifs is 1. The molecular formula is C22H21N5O4. The molecule has 1 aliphatic heterocycles. The monoisotopic (exact) mass is 419 g/mol. The first-order chi connectivity index (χ1) is 15.1. The van der Waals surface area contributed by atoms with E-state index in [0.29, 0.717) is 24.9 Å². The molecule has 1 aromatic carbocycles. The van der Waals surface area contributed by atoms with Gasteiger partial charge in [-0.05, 0) is 48.9 Å². The number of rotatable bonds is 4. The van der Waals surface area contributed by atoms with Crippen molar-refractivity contribution in [2.45, 2.75) is 18.9 Å². The quantitative estimate of drug-likeness (QED) is 0.692. The number of hydrogen-bond donors (Lipinski definition) is 1. The van der Waals surface area contributed by atoms with Crippen LogP contribution < -0.4 is 4.74 Å². The van der Waals surface area contributed by atoms with E-state index >= 15 is 0 Å². The Labute approximate surface area is 178 Å². The van der Waals surface area contributed by atoms with Crippen molar-refractivity contribution in [3.05, 3.63) is 60.8 Å². The van der Waals surface area contributed by atoms with Crippen molar-refractivity contribution in [2.75, 3.05) is 13.1 Å². The SMILES string of the molecule is O=C(O)c1ccn(C(=O)N2C[C@H]3CC(Oc4cccc(-c5ccncn5)c4)C[C@H]3C2)n1. The number of carbonyl (C=O) groups excluding carboxylic acids is 1. The summed E-state index contributed by atoms with van der Waals surface area (Å²) < 4.78 is 7.36. The fourth-order valence-corrected chi connectivity index (χ4v) is 4.57. The van der Waals surface area contributed by atoms with E-state index in [1.54, 1.807) is 11.1 Å². The highest BCUT2D eigenvalue weighted by atomic mass is 16.5. The predicted octanol–water partition coefficient (Wildman–Crippen LogP) is 2.80. The lowest BCUT2D eigenvalue weighted by atomic mass is 10.0. The fourth-order valence-electron chi connectivity index (χ4n) is 4.57. The number of aromatic carboxylic acids is 1. The average Bonchev–Trinajstić information content (AvgIpc) is 3.49. The Kier molecular flexibility index (Phi) is 4.85. The zero-order valence-corrected chi connectivity index (χ0v) is 16.7. The third kappa shape index (κ3) is 3.86. The van der Waals surface area contributed by atoms with E-state index in [1.807, 2.05) is 30.3 Å². The number of carboxylic acid groups (broad SMARTS) is 1. The lowest BCUT2D eigenvalue weighted by Crippen LogP contribution is -2.34. The number of likely N-dealkylation sites (tertiary alicyclic amines) is 1. The zero-order valence-electron chi connectivity index (χ0n) is 16.7. The molecule has 1 saturated heterocycles. The van der Waals surface area contributed by atoms with Crippen LogP contribution in [0.3, 0.4) is 0 Å². The summed E-state index contributed by atoms with van der Waals surface area (Å²) in [6.45, 7) is 1.26. The number of nitrogens with zero attached hydrogens (tertiary/aromatic N) is 5. The van der Waals surface area contributed by atoms with Gasteiger partial charge in [0.2, 0.25) is 0 Å². The van der Waals surface area contributed by atoms with Crippen LogP contribution in [0.15, 0.2) is 55.1 Å². The van der Waals surface area contributed by atoms with Crippen molar-refractivity contribution in [3.8, 4) is 17.0 Å². The van der Waals surface area contributed by atoms with Crippen LogP contribution in [0.5, 0.6) is 5.75 Å². The van der Waals surface area contributed by atoms with Crippen molar-refractivity contribution in [1.82, 2.24) is 24.6 Å². The highest BCUT2D eigenvalue weighted by molar-refractivity contribution is 5.86. The molecule has 1 saturated carbocycles. The molecule has 1 amide bonds. The molecule has 9 heteroatoms. The van der Waals surface area contributed by atoms with Crippen LogP contribution in [-0.4, -0.2) is 60.9 Å². The summed E-state index contributed by atoms with van der Waals surface area (Å²) >= 11 is 0. The van der Waals surface area contributed by atoms with Gasteiger partial charge in [0.05, 0.1) is 11.8 Å². The minimum absolute atomic E-state index is 0.108. The lowest BCUT2D eigenvalue weighted by molar-refractivity contribution is 0.0690. The molecule has 9 nitrogen and oxygen atoms in total. The highest BCUT2D eigenvalue weighted by Crippen LogP contribution is 2.40. The number of carboxylic acids is 1. The molecule has 31 heavy (non-hydrogen) atoms. The number of ether oxygens (including phenoxy) is 1. The van der Waals surface area contributed by atoms with Gasteiger partial charge in [-0.3, -0.25) is 0 Å². The molecule has 5 rings (SSSR count). The normalized spacial score (nSPS) is 22.3. The van der Waals surface area contributed by atoms with Gasteiger partial charge in [-0.1, -0.05) is 12.1 Å². The molecule has 3 aromatic rings. The van der Waals surface area contributed by atoms with E-state index in [-0.39, 0.29) is 17.8 Å². The molecule has 2 aromatic heterocycles. The molecule has 158 valence electrons. The van der Waals surface area contributed by atoms with Crippen LogP contribution in [0.4, 0.5) is 4.79 Å². The van der Waals surface area contributed by atoms with Gasteiger partial charge in [0.1, 0.15) is 12.1 Å². The molecule has 2 fully saturated rings. The zero-order chi connectivity index (χ0) is 21.4. The lowest BCUT2D eigenvalue weighted by Gasteiger charge is -2.20. The minimum Gasteiger partial charge on any atom is -0.490 e. The van der Waals surface area contributed by atoms with Gasteiger partial charge in [0, 0.05) is 31.0 Å². The molecule has 1 unspecified atom stereocenters. The Morgan fingerprint density at radius 3 is 2.58 bits per heavy atom. The van der Waals surface area contributed by atoms with Gasteiger partial charge in [-0.25, -0.2) is 19.6 Å². The number of carbonyl (C=O) groups is 2. The second kappa shape index (κ2) is 7.82. The summed E-state index contributed by atoms with van der Waals surface area (Å²) in [4.78, 5) is 33.6. The van der Waals surface area contributed by atoms with Gasteiger partial charge in [0.15, 0.2) is 5.69 Å². The molecule has 1 aliphatic carbocycles. The van der Waals surface area contributed by atoms with Gasteiger partial charge in [-0.15, -0.1) is 0 Å². The van der Waals surface area contributed by atoms with Gasteiger partial charge >= 0.3 is 12.0 Å². The van der Waals surface area contributed by atoms with Crippen LogP contribution in [0.25, 0.3) is 11.3 Å². The molecule has 3 atom stereocenters. The van der Waals surface area contributed by atoms with E-state index < -0.39 is 5.97 Å². The maximum Gasteiger partial charge on any atom is 0.356 e. The third-order valence-corrected chi connectivity index (χ3v) is 6.00. The predicted molar refractivity (Wildman–Crippen MR) is 110 cm³/mol.